The van der Waals surface area contributed by atoms with E-state index in [0.29, 0.717) is 30.1 Å². The predicted molar refractivity (Wildman–Crippen MR) is 122 cm³/mol. The molecule has 2 N–H and O–H groups in total. The highest BCUT2D eigenvalue weighted by atomic mass is 19.3. The Labute approximate surface area is 187 Å². The fourth-order valence-electron chi connectivity index (χ4n) is 3.60. The van der Waals surface area contributed by atoms with Gasteiger partial charge in [0.25, 0.3) is 5.91 Å². The molecule has 0 saturated heterocycles. The van der Waals surface area contributed by atoms with Crippen LogP contribution in [0.15, 0.2) is 59.6 Å². The van der Waals surface area contributed by atoms with Crippen molar-refractivity contribution in [3.05, 3.63) is 76.9 Å². The van der Waals surface area contributed by atoms with Gasteiger partial charge in [0.1, 0.15) is 12.1 Å². The Morgan fingerprint density at radius 1 is 1.22 bits per heavy atom. The van der Waals surface area contributed by atoms with Crippen LogP contribution in [0.4, 0.5) is 8.78 Å². The first kappa shape index (κ1) is 23.6. The number of nitrogens with one attached hydrogen (secondary N) is 1. The number of carbonyl (C=O) groups is 1. The minimum atomic E-state index is -2.75. The van der Waals surface area contributed by atoms with Crippen molar-refractivity contribution in [1.29, 1.82) is 0 Å². The molecule has 32 heavy (non-hydrogen) atoms. The molecule has 170 valence electrons. The summed E-state index contributed by atoms with van der Waals surface area (Å²) in [6.07, 6.45) is 0.977. The van der Waals surface area contributed by atoms with E-state index in [-0.39, 0.29) is 18.7 Å². The second kappa shape index (κ2) is 10.0. The molecule has 0 aliphatic carbocycles. The molecule has 1 unspecified atom stereocenters. The molecule has 0 aromatic heterocycles. The van der Waals surface area contributed by atoms with Gasteiger partial charge < -0.3 is 15.3 Å². The van der Waals surface area contributed by atoms with Gasteiger partial charge in [-0.1, -0.05) is 42.0 Å². The first-order chi connectivity index (χ1) is 15.2. The van der Waals surface area contributed by atoms with E-state index in [0.717, 1.165) is 23.6 Å². The van der Waals surface area contributed by atoms with Crippen LogP contribution in [0.25, 0.3) is 5.70 Å². The number of hydrogen-bond acceptors (Lipinski definition) is 4. The molecule has 2 aromatic rings. The largest absolute Gasteiger partial charge is 0.370 e. The van der Waals surface area contributed by atoms with E-state index in [1.54, 1.807) is 36.2 Å². The average molecular weight is 442 g/mol. The molecular formula is C25H29F2N3O2. The number of hydrogen-bond donors (Lipinski definition) is 2. The number of aliphatic hydroxyl groups excluding tert-OH is 1. The number of aliphatic imine (C=N–C) groups is 1. The van der Waals surface area contributed by atoms with Crippen molar-refractivity contribution in [3.63, 3.8) is 0 Å². The molecule has 2 aromatic carbocycles. The van der Waals surface area contributed by atoms with Gasteiger partial charge in [-0.05, 0) is 44.0 Å². The molecule has 0 spiro atoms. The third kappa shape index (κ3) is 6.23. The van der Waals surface area contributed by atoms with E-state index in [1.807, 2.05) is 37.3 Å². The van der Waals surface area contributed by atoms with Crippen molar-refractivity contribution in [2.45, 2.75) is 51.8 Å². The minimum Gasteiger partial charge on any atom is -0.370 e. The van der Waals surface area contributed by atoms with Crippen LogP contribution in [0.2, 0.25) is 0 Å². The molecule has 1 aliphatic rings. The van der Waals surface area contributed by atoms with E-state index < -0.39 is 12.2 Å². The number of benzene rings is 2. The number of aliphatic hydroxyl groups is 1. The standard InChI is InChI=1S/C25H29F2N3O2/c1-17-9-11-19(12-10-17)21-15-23(31)30(22(29-21)8-5-13-25(2,26)27)16-18-6-4-7-20(14-18)24(32)28-3/h4,6-7,9-12,14-15,23,31H,5,8,13,16H2,1-3H3,(H,28,32). The molecule has 0 saturated carbocycles. The first-order valence-electron chi connectivity index (χ1n) is 10.7. The van der Waals surface area contributed by atoms with Crippen LogP contribution in [0.1, 0.15) is 53.2 Å². The molecule has 0 bridgehead atoms. The van der Waals surface area contributed by atoms with Crippen LogP contribution < -0.4 is 5.32 Å². The van der Waals surface area contributed by atoms with E-state index in [4.69, 9.17) is 4.99 Å². The van der Waals surface area contributed by atoms with Crippen molar-refractivity contribution >= 4 is 17.4 Å². The van der Waals surface area contributed by atoms with Crippen molar-refractivity contribution < 1.29 is 18.7 Å². The summed E-state index contributed by atoms with van der Waals surface area (Å²) >= 11 is 0. The maximum atomic E-state index is 13.4. The monoisotopic (exact) mass is 441 g/mol. The summed E-state index contributed by atoms with van der Waals surface area (Å²) in [6, 6.07) is 14.9. The highest BCUT2D eigenvalue weighted by molar-refractivity contribution is 5.94. The third-order valence-electron chi connectivity index (χ3n) is 5.34. The number of halogens is 2. The zero-order chi connectivity index (χ0) is 23.3. The number of alkyl halides is 2. The molecule has 0 fully saturated rings. The zero-order valence-corrected chi connectivity index (χ0v) is 18.6. The summed E-state index contributed by atoms with van der Waals surface area (Å²) in [5.74, 6) is -2.41. The lowest BCUT2D eigenvalue weighted by atomic mass is 10.0. The van der Waals surface area contributed by atoms with Gasteiger partial charge in [-0.15, -0.1) is 0 Å². The molecule has 3 rings (SSSR count). The lowest BCUT2D eigenvalue weighted by molar-refractivity contribution is 0.0111. The van der Waals surface area contributed by atoms with Crippen molar-refractivity contribution in [1.82, 2.24) is 10.2 Å². The number of aryl methyl sites for hydroxylation is 1. The Bertz CT molecular complexity index is 1010. The summed E-state index contributed by atoms with van der Waals surface area (Å²) in [4.78, 5) is 18.4. The summed E-state index contributed by atoms with van der Waals surface area (Å²) < 4.78 is 26.8. The predicted octanol–water partition coefficient (Wildman–Crippen LogP) is 4.75. The van der Waals surface area contributed by atoms with Gasteiger partial charge in [0, 0.05) is 37.6 Å². The number of nitrogens with zero attached hydrogens (tertiary/aromatic N) is 2. The van der Waals surface area contributed by atoms with Crippen LogP contribution in [0.5, 0.6) is 0 Å². The molecule has 5 nitrogen and oxygen atoms in total. The fraction of sp³-hybridized carbons (Fsp3) is 0.360. The van der Waals surface area contributed by atoms with Crippen molar-refractivity contribution in [2.75, 3.05) is 7.05 Å². The van der Waals surface area contributed by atoms with Gasteiger partial charge in [-0.25, -0.2) is 13.8 Å². The SMILES string of the molecule is CNC(=O)c1cccc(CN2C(CCCC(C)(F)F)=NC(c3ccc(C)cc3)=CC2O)c1. The van der Waals surface area contributed by atoms with Crippen molar-refractivity contribution in [2.24, 2.45) is 4.99 Å². The second-order valence-electron chi connectivity index (χ2n) is 8.19. The summed E-state index contributed by atoms with van der Waals surface area (Å²) in [5, 5.41) is 13.5. The number of amidine groups is 1. The summed E-state index contributed by atoms with van der Waals surface area (Å²) in [6.45, 7) is 3.19. The molecule has 1 aliphatic heterocycles. The highest BCUT2D eigenvalue weighted by Crippen LogP contribution is 2.27. The third-order valence-corrected chi connectivity index (χ3v) is 5.34. The normalized spacial score (nSPS) is 16.4. The van der Waals surface area contributed by atoms with E-state index in [1.165, 1.54) is 0 Å². The van der Waals surface area contributed by atoms with Gasteiger partial charge in [0.15, 0.2) is 0 Å². The van der Waals surface area contributed by atoms with Gasteiger partial charge in [-0.2, -0.15) is 0 Å². The first-order valence-corrected chi connectivity index (χ1v) is 10.7. The average Bonchev–Trinajstić information content (AvgIpc) is 2.75. The van der Waals surface area contributed by atoms with Crippen molar-refractivity contribution in [3.8, 4) is 0 Å². The highest BCUT2D eigenvalue weighted by Gasteiger charge is 2.26. The van der Waals surface area contributed by atoms with Gasteiger partial charge >= 0.3 is 0 Å². The summed E-state index contributed by atoms with van der Waals surface area (Å²) in [5.41, 5.74) is 3.90. The molecule has 1 amide bonds. The lowest BCUT2D eigenvalue weighted by Gasteiger charge is -2.33. The second-order valence-corrected chi connectivity index (χ2v) is 8.19. The molecule has 1 heterocycles. The van der Waals surface area contributed by atoms with Crippen LogP contribution in [-0.2, 0) is 6.54 Å². The quantitative estimate of drug-likeness (QED) is 0.621. The van der Waals surface area contributed by atoms with Crippen LogP contribution in [0, 0.1) is 6.92 Å². The number of amides is 1. The molecule has 0 radical (unpaired) electrons. The van der Waals surface area contributed by atoms with Crippen LogP contribution in [0.3, 0.4) is 0 Å². The lowest BCUT2D eigenvalue weighted by Crippen LogP contribution is -2.41. The zero-order valence-electron chi connectivity index (χ0n) is 18.6. The minimum absolute atomic E-state index is 0.202. The van der Waals surface area contributed by atoms with E-state index in [9.17, 15) is 18.7 Å². The van der Waals surface area contributed by atoms with E-state index >= 15 is 0 Å². The number of carbonyl (C=O) groups excluding carboxylic acids is 1. The number of rotatable bonds is 8. The van der Waals surface area contributed by atoms with Crippen LogP contribution >= 0.6 is 0 Å². The molecular weight excluding hydrogens is 412 g/mol. The van der Waals surface area contributed by atoms with Gasteiger partial charge in [-0.3, -0.25) is 4.79 Å². The maximum absolute atomic E-state index is 13.4. The smallest absolute Gasteiger partial charge is 0.251 e. The maximum Gasteiger partial charge on any atom is 0.251 e. The topological polar surface area (TPSA) is 64.9 Å². The van der Waals surface area contributed by atoms with Gasteiger partial charge in [0.2, 0.25) is 5.92 Å². The Morgan fingerprint density at radius 3 is 2.59 bits per heavy atom. The van der Waals surface area contributed by atoms with Crippen LogP contribution in [-0.4, -0.2) is 40.9 Å². The Kier molecular flexibility index (Phi) is 7.40. The van der Waals surface area contributed by atoms with E-state index in [2.05, 4.69) is 5.32 Å². The fourth-order valence-corrected chi connectivity index (χ4v) is 3.60. The molecule has 1 atom stereocenters. The Hall–Kier alpha value is -3.06. The summed E-state index contributed by atoms with van der Waals surface area (Å²) in [7, 11) is 1.56. The Balaban J connectivity index is 1.87. The van der Waals surface area contributed by atoms with Gasteiger partial charge in [0.05, 0.1) is 5.70 Å². The molecule has 7 heteroatoms. The Morgan fingerprint density at radius 2 is 1.94 bits per heavy atom.